The molecule has 7 heteroatoms. The number of benzene rings is 4. The molecule has 0 aliphatic rings. The second-order valence-electron chi connectivity index (χ2n) is 7.14. The second kappa shape index (κ2) is 11.1. The molecule has 4 aromatic carbocycles. The Bertz CT molecular complexity index is 1290. The highest BCUT2D eigenvalue weighted by molar-refractivity contribution is 9.11. The first-order valence-corrected chi connectivity index (χ1v) is 11.8. The lowest BCUT2D eigenvalue weighted by atomic mass is 10.1. The molecular weight excluding hydrogens is 548 g/mol. The van der Waals surface area contributed by atoms with Crippen LogP contribution in [0.5, 0.6) is 11.5 Å². The van der Waals surface area contributed by atoms with Crippen LogP contribution in [-0.2, 0) is 11.4 Å². The van der Waals surface area contributed by atoms with Crippen molar-refractivity contribution >= 4 is 54.8 Å². The Hall–Kier alpha value is -3.16. The van der Waals surface area contributed by atoms with Gasteiger partial charge in [0.1, 0.15) is 18.1 Å². The topological polar surface area (TPSA) is 59.9 Å². The number of nitrogens with zero attached hydrogens (tertiary/aromatic N) is 1. The number of fused-ring (bicyclic) bond motifs is 1. The van der Waals surface area contributed by atoms with Gasteiger partial charge < -0.3 is 9.47 Å². The van der Waals surface area contributed by atoms with Crippen molar-refractivity contribution in [3.05, 3.63) is 105 Å². The number of nitrogens with one attached hydrogen (secondary N) is 1. The zero-order chi connectivity index (χ0) is 23.0. The van der Waals surface area contributed by atoms with Crippen LogP contribution in [0, 0.1) is 0 Å². The molecule has 1 N–H and O–H groups in total. The normalized spacial score (nSPS) is 11.0. The summed E-state index contributed by atoms with van der Waals surface area (Å²) in [6.45, 7) is 0.285. The number of hydrogen-bond donors (Lipinski definition) is 1. The monoisotopic (exact) mass is 566 g/mol. The molecule has 0 bridgehead atoms. The highest BCUT2D eigenvalue weighted by Crippen LogP contribution is 2.34. The Kier molecular flexibility index (Phi) is 7.75. The van der Waals surface area contributed by atoms with Gasteiger partial charge >= 0.3 is 0 Å². The van der Waals surface area contributed by atoms with Gasteiger partial charge in [-0.3, -0.25) is 4.79 Å². The zero-order valence-corrected chi connectivity index (χ0v) is 20.7. The quantitative estimate of drug-likeness (QED) is 0.196. The Balaban J connectivity index is 1.33. The van der Waals surface area contributed by atoms with Gasteiger partial charge in [-0.25, -0.2) is 5.43 Å². The van der Waals surface area contributed by atoms with Crippen molar-refractivity contribution in [1.82, 2.24) is 5.43 Å². The molecule has 0 atom stereocenters. The number of ether oxygens (including phenoxy) is 2. The molecule has 4 rings (SSSR count). The van der Waals surface area contributed by atoms with E-state index < -0.39 is 0 Å². The fourth-order valence-electron chi connectivity index (χ4n) is 3.16. The van der Waals surface area contributed by atoms with Crippen LogP contribution in [0.4, 0.5) is 0 Å². The maximum absolute atomic E-state index is 12.2. The zero-order valence-electron chi connectivity index (χ0n) is 17.5. The molecule has 5 nitrogen and oxygen atoms in total. The minimum atomic E-state index is -0.364. The average Bonchev–Trinajstić information content (AvgIpc) is 2.83. The molecule has 33 heavy (non-hydrogen) atoms. The Morgan fingerprint density at radius 3 is 2.52 bits per heavy atom. The molecule has 0 aliphatic carbocycles. The third-order valence-electron chi connectivity index (χ3n) is 4.79. The summed E-state index contributed by atoms with van der Waals surface area (Å²) in [6.07, 6.45) is 1.56. The van der Waals surface area contributed by atoms with Gasteiger partial charge in [0.05, 0.1) is 10.7 Å². The molecule has 0 radical (unpaired) electrons. The molecule has 0 saturated heterocycles. The van der Waals surface area contributed by atoms with E-state index in [1.54, 1.807) is 6.21 Å². The molecule has 0 spiro atoms. The number of carbonyl (C=O) groups is 1. The third kappa shape index (κ3) is 6.21. The van der Waals surface area contributed by atoms with Gasteiger partial charge in [-0.05, 0) is 62.6 Å². The van der Waals surface area contributed by atoms with Gasteiger partial charge in [-0.15, -0.1) is 0 Å². The number of hydrogen-bond acceptors (Lipinski definition) is 4. The fraction of sp³-hybridized carbons (Fsp3) is 0.0769. The van der Waals surface area contributed by atoms with Crippen LogP contribution in [0.15, 0.2) is 99.0 Å². The Morgan fingerprint density at radius 1 is 0.879 bits per heavy atom. The first kappa shape index (κ1) is 23.0. The van der Waals surface area contributed by atoms with E-state index in [-0.39, 0.29) is 12.5 Å². The van der Waals surface area contributed by atoms with Gasteiger partial charge in [0.15, 0.2) is 6.61 Å². The standard InChI is InChI=1S/C26H20Br2N2O3/c27-21-11-12-22-19(14-21)10-13-24(26(22)28)33-17-25(31)30-29-15-20-8-4-5-9-23(20)32-16-18-6-2-1-3-7-18/h1-15H,16-17H2,(H,30,31)/b29-15+. The second-order valence-corrected chi connectivity index (χ2v) is 8.85. The van der Waals surface area contributed by atoms with Crippen LogP contribution in [-0.4, -0.2) is 18.7 Å². The molecule has 166 valence electrons. The molecule has 0 saturated carbocycles. The third-order valence-corrected chi connectivity index (χ3v) is 6.10. The molecular formula is C26H20Br2N2O3. The Labute approximate surface area is 208 Å². The Morgan fingerprint density at radius 2 is 1.67 bits per heavy atom. The van der Waals surface area contributed by atoms with E-state index in [4.69, 9.17) is 9.47 Å². The van der Waals surface area contributed by atoms with E-state index >= 15 is 0 Å². The molecule has 0 heterocycles. The van der Waals surface area contributed by atoms with E-state index in [9.17, 15) is 4.79 Å². The van der Waals surface area contributed by atoms with Gasteiger partial charge in [-0.1, -0.05) is 70.5 Å². The van der Waals surface area contributed by atoms with E-state index in [0.29, 0.717) is 18.1 Å². The van der Waals surface area contributed by atoms with E-state index in [2.05, 4.69) is 42.4 Å². The number of hydrazone groups is 1. The first-order chi connectivity index (χ1) is 16.1. The van der Waals surface area contributed by atoms with Gasteiger partial charge in [-0.2, -0.15) is 5.10 Å². The maximum Gasteiger partial charge on any atom is 0.277 e. The molecule has 0 unspecified atom stereocenters. The molecule has 0 aliphatic heterocycles. The van der Waals surface area contributed by atoms with Crippen molar-refractivity contribution in [2.24, 2.45) is 5.10 Å². The van der Waals surface area contributed by atoms with Crippen LogP contribution in [0.25, 0.3) is 10.8 Å². The molecule has 1 amide bonds. The predicted molar refractivity (Wildman–Crippen MR) is 138 cm³/mol. The smallest absolute Gasteiger partial charge is 0.277 e. The number of carbonyl (C=O) groups excluding carboxylic acids is 1. The van der Waals surface area contributed by atoms with Crippen LogP contribution in [0.3, 0.4) is 0 Å². The van der Waals surface area contributed by atoms with Crippen molar-refractivity contribution in [3.8, 4) is 11.5 Å². The molecule has 0 aromatic heterocycles. The average molecular weight is 568 g/mol. The van der Waals surface area contributed by atoms with Crippen LogP contribution >= 0.6 is 31.9 Å². The lowest BCUT2D eigenvalue weighted by Crippen LogP contribution is -2.24. The van der Waals surface area contributed by atoms with Crippen LogP contribution in [0.1, 0.15) is 11.1 Å². The lowest BCUT2D eigenvalue weighted by Gasteiger charge is -2.10. The van der Waals surface area contributed by atoms with Crippen LogP contribution in [0.2, 0.25) is 0 Å². The minimum Gasteiger partial charge on any atom is -0.488 e. The number of halogens is 2. The molecule has 0 fully saturated rings. The highest BCUT2D eigenvalue weighted by atomic mass is 79.9. The summed E-state index contributed by atoms with van der Waals surface area (Å²) in [5.41, 5.74) is 4.33. The largest absolute Gasteiger partial charge is 0.488 e. The molecule has 4 aromatic rings. The maximum atomic E-state index is 12.2. The summed E-state index contributed by atoms with van der Waals surface area (Å²) >= 11 is 7.03. The number of amides is 1. The number of para-hydroxylation sites is 1. The SMILES string of the molecule is O=C(COc1ccc2cc(Br)ccc2c1Br)N/N=C/c1ccccc1OCc1ccccc1. The minimum absolute atomic E-state index is 0.163. The predicted octanol–water partition coefficient (Wildman–Crippen LogP) is 6.47. The van der Waals surface area contributed by atoms with Crippen molar-refractivity contribution in [1.29, 1.82) is 0 Å². The summed E-state index contributed by atoms with van der Waals surface area (Å²) in [5, 5.41) is 6.11. The first-order valence-electron chi connectivity index (χ1n) is 10.2. The van der Waals surface area contributed by atoms with E-state index in [1.807, 2.05) is 84.9 Å². The lowest BCUT2D eigenvalue weighted by molar-refractivity contribution is -0.123. The summed E-state index contributed by atoms with van der Waals surface area (Å²) in [7, 11) is 0. The fourth-order valence-corrected chi connectivity index (χ4v) is 4.14. The highest BCUT2D eigenvalue weighted by Gasteiger charge is 2.09. The van der Waals surface area contributed by atoms with Crippen molar-refractivity contribution in [2.45, 2.75) is 6.61 Å². The summed E-state index contributed by atoms with van der Waals surface area (Å²) in [4.78, 5) is 12.2. The van der Waals surface area contributed by atoms with Gasteiger partial charge in [0.25, 0.3) is 5.91 Å². The van der Waals surface area contributed by atoms with Gasteiger partial charge in [0, 0.05) is 10.0 Å². The summed E-state index contributed by atoms with van der Waals surface area (Å²) in [6, 6.07) is 27.2. The summed E-state index contributed by atoms with van der Waals surface area (Å²) in [5.74, 6) is 0.905. The summed E-state index contributed by atoms with van der Waals surface area (Å²) < 4.78 is 13.4. The van der Waals surface area contributed by atoms with Crippen molar-refractivity contribution in [3.63, 3.8) is 0 Å². The van der Waals surface area contributed by atoms with Crippen LogP contribution < -0.4 is 14.9 Å². The van der Waals surface area contributed by atoms with E-state index in [1.165, 1.54) is 0 Å². The number of rotatable bonds is 8. The van der Waals surface area contributed by atoms with Gasteiger partial charge in [0.2, 0.25) is 0 Å². The van der Waals surface area contributed by atoms with E-state index in [0.717, 1.165) is 30.8 Å². The van der Waals surface area contributed by atoms with Crippen molar-refractivity contribution in [2.75, 3.05) is 6.61 Å². The van der Waals surface area contributed by atoms with Crippen molar-refractivity contribution < 1.29 is 14.3 Å².